The van der Waals surface area contributed by atoms with Gasteiger partial charge in [-0.3, -0.25) is 4.79 Å². The molecule has 2 nitrogen and oxygen atoms in total. The maximum absolute atomic E-state index is 11.2. The molecular formula is C14H15ClO2S2. The molecule has 19 heavy (non-hydrogen) atoms. The normalized spacial score (nSPS) is 13.1. The van der Waals surface area contributed by atoms with Crippen LogP contribution in [0.15, 0.2) is 24.3 Å². The van der Waals surface area contributed by atoms with E-state index in [1.807, 2.05) is 38.1 Å². The van der Waals surface area contributed by atoms with Crippen molar-refractivity contribution in [3.05, 3.63) is 34.2 Å². The lowest BCUT2D eigenvalue weighted by molar-refractivity contribution is -0.137. The number of benzene rings is 1. The Morgan fingerprint density at radius 2 is 2.11 bits per heavy atom. The Labute approximate surface area is 125 Å². The van der Waals surface area contributed by atoms with Gasteiger partial charge < -0.3 is 5.11 Å². The average molecular weight is 315 g/mol. The first kappa shape index (κ1) is 14.7. The zero-order valence-corrected chi connectivity index (χ0v) is 13.1. The molecule has 0 amide bonds. The van der Waals surface area contributed by atoms with Gasteiger partial charge in [0.2, 0.25) is 0 Å². The molecule has 2 rings (SSSR count). The van der Waals surface area contributed by atoms with Crippen molar-refractivity contribution in [3.63, 3.8) is 0 Å². The first-order valence-corrected chi connectivity index (χ1v) is 8.25. The van der Waals surface area contributed by atoms with E-state index in [2.05, 4.69) is 0 Å². The Bertz CT molecular complexity index is 592. The predicted octanol–water partition coefficient (Wildman–Crippen LogP) is 4.90. The number of carboxylic acids is 1. The molecule has 1 unspecified atom stereocenters. The van der Waals surface area contributed by atoms with E-state index in [1.54, 1.807) is 11.3 Å². The number of carbonyl (C=O) groups is 1. The van der Waals surface area contributed by atoms with Gasteiger partial charge in [0.25, 0.3) is 0 Å². The van der Waals surface area contributed by atoms with Crippen molar-refractivity contribution in [3.8, 4) is 0 Å². The smallest absolute Gasteiger partial charge is 0.316 e. The van der Waals surface area contributed by atoms with Gasteiger partial charge in [-0.25, -0.2) is 0 Å². The summed E-state index contributed by atoms with van der Waals surface area (Å²) >= 11 is 9.44. The van der Waals surface area contributed by atoms with Crippen LogP contribution in [-0.4, -0.2) is 16.3 Å². The zero-order valence-electron chi connectivity index (χ0n) is 10.7. The Hall–Kier alpha value is -0.710. The number of hydrogen-bond donors (Lipinski definition) is 1. The molecule has 1 aromatic heterocycles. The molecule has 0 aliphatic carbocycles. The molecule has 5 heteroatoms. The van der Waals surface area contributed by atoms with Gasteiger partial charge in [0, 0.05) is 20.7 Å². The fraction of sp³-hybridized carbons (Fsp3) is 0.357. The molecule has 2 aromatic rings. The summed E-state index contributed by atoms with van der Waals surface area (Å²) in [7, 11) is 0. The number of aliphatic carboxylic acids is 1. The molecule has 0 fully saturated rings. The van der Waals surface area contributed by atoms with Gasteiger partial charge >= 0.3 is 5.97 Å². The lowest BCUT2D eigenvalue weighted by Crippen LogP contribution is -2.22. The van der Waals surface area contributed by atoms with Crippen molar-refractivity contribution < 1.29 is 9.90 Å². The minimum absolute atomic E-state index is 0.107. The van der Waals surface area contributed by atoms with Crippen LogP contribution in [0.1, 0.15) is 18.7 Å². The summed E-state index contributed by atoms with van der Waals surface area (Å²) in [6.07, 6.45) is 0. The number of fused-ring (bicyclic) bond motifs is 1. The Morgan fingerprint density at radius 3 is 2.68 bits per heavy atom. The second kappa shape index (κ2) is 6.16. The summed E-state index contributed by atoms with van der Waals surface area (Å²) in [6, 6.07) is 7.99. The van der Waals surface area contributed by atoms with Crippen LogP contribution >= 0.6 is 34.7 Å². The second-order valence-corrected chi connectivity index (χ2v) is 7.29. The molecule has 102 valence electrons. The Balaban J connectivity index is 2.17. The van der Waals surface area contributed by atoms with Crippen LogP contribution in [0, 0.1) is 5.92 Å². The molecule has 0 saturated carbocycles. The molecule has 0 spiro atoms. The highest BCUT2D eigenvalue weighted by molar-refractivity contribution is 8.00. The second-order valence-electron chi connectivity index (χ2n) is 4.65. The summed E-state index contributed by atoms with van der Waals surface area (Å²) in [5.41, 5.74) is 0. The Kier molecular flexibility index (Phi) is 4.76. The van der Waals surface area contributed by atoms with Crippen molar-refractivity contribution in [2.24, 2.45) is 5.92 Å². The fourth-order valence-corrected chi connectivity index (χ4v) is 4.69. The van der Waals surface area contributed by atoms with E-state index in [0.717, 1.165) is 20.0 Å². The number of rotatable bonds is 5. The van der Waals surface area contributed by atoms with Crippen LogP contribution in [0.5, 0.6) is 0 Å². The van der Waals surface area contributed by atoms with Gasteiger partial charge in [0.1, 0.15) is 5.25 Å². The SMILES string of the molecule is CC(C)C(SCc1sc2ccccc2c1Cl)C(=O)O. The topological polar surface area (TPSA) is 37.3 Å². The van der Waals surface area contributed by atoms with E-state index in [1.165, 1.54) is 11.8 Å². The standard InChI is InChI=1S/C14H15ClO2S2/c1-8(2)13(14(16)17)18-7-11-12(15)9-5-3-4-6-10(9)19-11/h3-6,8,13H,7H2,1-2H3,(H,16,17). The zero-order chi connectivity index (χ0) is 14.0. The van der Waals surface area contributed by atoms with Crippen molar-refractivity contribution in [1.82, 2.24) is 0 Å². The van der Waals surface area contributed by atoms with Crippen molar-refractivity contribution in [2.45, 2.75) is 24.9 Å². The summed E-state index contributed by atoms with van der Waals surface area (Å²) in [4.78, 5) is 12.2. The van der Waals surface area contributed by atoms with Crippen LogP contribution in [0.3, 0.4) is 0 Å². The van der Waals surface area contributed by atoms with Gasteiger partial charge in [-0.1, -0.05) is 43.6 Å². The highest BCUT2D eigenvalue weighted by atomic mass is 35.5. The van der Waals surface area contributed by atoms with Crippen molar-refractivity contribution >= 4 is 50.8 Å². The number of hydrogen-bond acceptors (Lipinski definition) is 3. The summed E-state index contributed by atoms with van der Waals surface area (Å²) in [5.74, 6) is 0.000683. The predicted molar refractivity (Wildman–Crippen MR) is 84.4 cm³/mol. The number of halogens is 1. The molecule has 1 atom stereocenters. The maximum atomic E-state index is 11.2. The van der Waals surface area contributed by atoms with Crippen LogP contribution in [0.2, 0.25) is 5.02 Å². The average Bonchev–Trinajstić information content (AvgIpc) is 2.66. The highest BCUT2D eigenvalue weighted by Crippen LogP contribution is 2.38. The molecule has 0 saturated heterocycles. The summed E-state index contributed by atoms with van der Waals surface area (Å²) in [5, 5.41) is 10.6. The quantitative estimate of drug-likeness (QED) is 0.853. The maximum Gasteiger partial charge on any atom is 0.316 e. The molecule has 0 radical (unpaired) electrons. The van der Waals surface area contributed by atoms with Gasteiger partial charge in [-0.05, 0) is 12.0 Å². The molecule has 1 aromatic carbocycles. The van der Waals surface area contributed by atoms with Crippen LogP contribution in [0.25, 0.3) is 10.1 Å². The Morgan fingerprint density at radius 1 is 1.42 bits per heavy atom. The van der Waals surface area contributed by atoms with Gasteiger partial charge in [0.15, 0.2) is 0 Å². The van der Waals surface area contributed by atoms with Crippen LogP contribution in [0.4, 0.5) is 0 Å². The third-order valence-electron chi connectivity index (χ3n) is 2.84. The summed E-state index contributed by atoms with van der Waals surface area (Å²) < 4.78 is 1.15. The number of thioether (sulfide) groups is 1. The highest BCUT2D eigenvalue weighted by Gasteiger charge is 2.22. The van der Waals surface area contributed by atoms with E-state index in [9.17, 15) is 9.90 Å². The largest absolute Gasteiger partial charge is 0.480 e. The van der Waals surface area contributed by atoms with Gasteiger partial charge in [-0.15, -0.1) is 23.1 Å². The van der Waals surface area contributed by atoms with Crippen LogP contribution in [-0.2, 0) is 10.5 Å². The molecular weight excluding hydrogens is 300 g/mol. The van der Waals surface area contributed by atoms with Gasteiger partial charge in [-0.2, -0.15) is 0 Å². The van der Waals surface area contributed by atoms with E-state index < -0.39 is 5.97 Å². The number of carboxylic acid groups (broad SMARTS) is 1. The lowest BCUT2D eigenvalue weighted by Gasteiger charge is -2.14. The minimum atomic E-state index is -0.753. The monoisotopic (exact) mass is 314 g/mol. The number of thiophene rings is 1. The van der Waals surface area contributed by atoms with Crippen molar-refractivity contribution in [1.29, 1.82) is 0 Å². The van der Waals surface area contributed by atoms with E-state index in [0.29, 0.717) is 5.75 Å². The molecule has 0 bridgehead atoms. The van der Waals surface area contributed by atoms with Crippen molar-refractivity contribution in [2.75, 3.05) is 0 Å². The fourth-order valence-electron chi connectivity index (χ4n) is 1.87. The van der Waals surface area contributed by atoms with E-state index >= 15 is 0 Å². The van der Waals surface area contributed by atoms with E-state index in [4.69, 9.17) is 11.6 Å². The minimum Gasteiger partial charge on any atom is -0.480 e. The summed E-state index contributed by atoms with van der Waals surface area (Å²) in [6.45, 7) is 3.86. The third-order valence-corrected chi connectivity index (χ3v) is 6.30. The third kappa shape index (κ3) is 3.25. The molecule has 1 heterocycles. The lowest BCUT2D eigenvalue weighted by atomic mass is 10.1. The van der Waals surface area contributed by atoms with Gasteiger partial charge in [0.05, 0.1) is 5.02 Å². The molecule has 0 aliphatic rings. The first-order chi connectivity index (χ1) is 9.00. The molecule has 1 N–H and O–H groups in total. The van der Waals surface area contributed by atoms with Crippen LogP contribution < -0.4 is 0 Å². The molecule has 0 aliphatic heterocycles. The van der Waals surface area contributed by atoms with E-state index in [-0.39, 0.29) is 11.2 Å². The first-order valence-electron chi connectivity index (χ1n) is 6.01.